The summed E-state index contributed by atoms with van der Waals surface area (Å²) in [6.45, 7) is -0.0147. The van der Waals surface area contributed by atoms with Crippen molar-refractivity contribution in [2.75, 3.05) is 19.6 Å². The summed E-state index contributed by atoms with van der Waals surface area (Å²) >= 11 is 0. The molecule has 1 saturated heterocycles. The quantitative estimate of drug-likeness (QED) is 0.311. The van der Waals surface area contributed by atoms with Gasteiger partial charge in [0, 0.05) is 19.1 Å². The van der Waals surface area contributed by atoms with Crippen LogP contribution in [0.1, 0.15) is 44.9 Å². The Kier molecular flexibility index (Phi) is 8.23. The molecule has 2 fully saturated rings. The van der Waals surface area contributed by atoms with E-state index in [9.17, 15) is 13.2 Å². The number of nitrogens with zero attached hydrogens (tertiary/aromatic N) is 2. The van der Waals surface area contributed by atoms with Gasteiger partial charge in [-0.15, -0.1) is 24.0 Å². The van der Waals surface area contributed by atoms with E-state index in [-0.39, 0.29) is 36.1 Å². The molecule has 2 aliphatic rings. The Morgan fingerprint density at radius 2 is 1.77 bits per heavy atom. The van der Waals surface area contributed by atoms with Gasteiger partial charge in [-0.05, 0) is 19.3 Å². The lowest BCUT2D eigenvalue weighted by Gasteiger charge is -2.19. The number of nitrogens with one attached hydrogen (secondary N) is 1. The number of guanidine groups is 1. The number of alkyl halides is 3. The fraction of sp³-hybridized carbons (Fsp3) is 0.929. The number of rotatable bonds is 3. The molecule has 2 rings (SSSR count). The maximum Gasteiger partial charge on any atom is 0.401 e. The van der Waals surface area contributed by atoms with Gasteiger partial charge in [-0.25, -0.2) is 0 Å². The minimum atomic E-state index is -4.13. The number of hydrogen-bond donors (Lipinski definition) is 2. The molecule has 22 heavy (non-hydrogen) atoms. The van der Waals surface area contributed by atoms with Gasteiger partial charge >= 0.3 is 6.18 Å². The van der Waals surface area contributed by atoms with Crippen LogP contribution in [0.5, 0.6) is 0 Å². The highest BCUT2D eigenvalue weighted by Crippen LogP contribution is 2.21. The van der Waals surface area contributed by atoms with E-state index < -0.39 is 12.7 Å². The van der Waals surface area contributed by atoms with Crippen LogP contribution >= 0.6 is 24.0 Å². The predicted octanol–water partition coefficient (Wildman–Crippen LogP) is 2.87. The number of aliphatic imine (C=N–C) groups is 1. The van der Waals surface area contributed by atoms with Crippen LogP contribution in [0, 0.1) is 0 Å². The van der Waals surface area contributed by atoms with E-state index >= 15 is 0 Å². The Bertz CT molecular complexity index is 354. The van der Waals surface area contributed by atoms with E-state index in [2.05, 4.69) is 10.3 Å². The minimum absolute atomic E-state index is 0. The summed E-state index contributed by atoms with van der Waals surface area (Å²) in [5.74, 6) is 0.390. The molecule has 0 bridgehead atoms. The van der Waals surface area contributed by atoms with E-state index in [0.717, 1.165) is 12.8 Å². The van der Waals surface area contributed by atoms with Crippen LogP contribution in [0.3, 0.4) is 0 Å². The molecule has 0 aromatic rings. The van der Waals surface area contributed by atoms with Crippen LogP contribution in [0.15, 0.2) is 4.99 Å². The van der Waals surface area contributed by atoms with Gasteiger partial charge in [0.15, 0.2) is 5.96 Å². The summed E-state index contributed by atoms with van der Waals surface area (Å²) in [5.41, 5.74) is 5.91. The third-order valence-corrected chi connectivity index (χ3v) is 4.17. The zero-order chi connectivity index (χ0) is 15.3. The molecule has 0 radical (unpaired) electrons. The standard InChI is InChI=1S/C14H25F3N4.HI/c15-14(16,17)10-21-8-7-12(9-21)20-13(18)19-11-5-3-1-2-4-6-11;/h11-12H,1-10H2,(H3,18,19,20);1H. The van der Waals surface area contributed by atoms with E-state index in [1.54, 1.807) is 0 Å². The normalized spacial score (nSPS) is 25.6. The fourth-order valence-corrected chi connectivity index (χ4v) is 3.18. The highest BCUT2D eigenvalue weighted by Gasteiger charge is 2.34. The molecule has 4 nitrogen and oxygen atoms in total. The molecule has 130 valence electrons. The van der Waals surface area contributed by atoms with Crippen molar-refractivity contribution in [1.82, 2.24) is 10.2 Å². The van der Waals surface area contributed by atoms with E-state index in [1.165, 1.54) is 30.6 Å². The highest BCUT2D eigenvalue weighted by atomic mass is 127. The Balaban J connectivity index is 0.00000242. The van der Waals surface area contributed by atoms with Crippen molar-refractivity contribution in [1.29, 1.82) is 0 Å². The molecule has 1 aliphatic heterocycles. The van der Waals surface area contributed by atoms with Gasteiger partial charge in [0.05, 0.1) is 12.6 Å². The van der Waals surface area contributed by atoms with Crippen molar-refractivity contribution < 1.29 is 13.2 Å². The second-order valence-electron chi connectivity index (χ2n) is 6.14. The lowest BCUT2D eigenvalue weighted by Crippen LogP contribution is -2.43. The summed E-state index contributed by atoms with van der Waals surface area (Å²) in [6, 6.07) is 0.245. The number of hydrogen-bond acceptors (Lipinski definition) is 2. The molecule has 1 aliphatic carbocycles. The van der Waals surface area contributed by atoms with Crippen LogP contribution < -0.4 is 11.1 Å². The zero-order valence-corrected chi connectivity index (χ0v) is 15.1. The average Bonchev–Trinajstić information content (AvgIpc) is 2.62. The first-order valence-corrected chi connectivity index (χ1v) is 7.81. The van der Waals surface area contributed by atoms with Crippen molar-refractivity contribution >= 4 is 29.9 Å². The van der Waals surface area contributed by atoms with Crippen LogP contribution in [-0.2, 0) is 0 Å². The largest absolute Gasteiger partial charge is 0.401 e. The van der Waals surface area contributed by atoms with Gasteiger partial charge in [-0.3, -0.25) is 9.89 Å². The predicted molar refractivity (Wildman–Crippen MR) is 92.6 cm³/mol. The van der Waals surface area contributed by atoms with Gasteiger partial charge in [-0.2, -0.15) is 13.2 Å². The Morgan fingerprint density at radius 1 is 1.14 bits per heavy atom. The number of likely N-dealkylation sites (tertiary alicyclic amines) is 1. The summed E-state index contributed by atoms with van der Waals surface area (Å²) in [7, 11) is 0. The summed E-state index contributed by atoms with van der Waals surface area (Å²) in [6.07, 6.45) is 3.56. The Morgan fingerprint density at radius 3 is 2.36 bits per heavy atom. The average molecular weight is 434 g/mol. The van der Waals surface area contributed by atoms with Crippen molar-refractivity contribution in [2.45, 2.75) is 63.2 Å². The van der Waals surface area contributed by atoms with E-state index in [0.29, 0.717) is 25.5 Å². The molecule has 1 unspecified atom stereocenters. The number of nitrogens with two attached hydrogens (primary N) is 1. The first kappa shape index (κ1) is 19.8. The van der Waals surface area contributed by atoms with Crippen molar-refractivity contribution in [3.8, 4) is 0 Å². The van der Waals surface area contributed by atoms with E-state index in [4.69, 9.17) is 5.73 Å². The second-order valence-corrected chi connectivity index (χ2v) is 6.14. The van der Waals surface area contributed by atoms with Crippen LogP contribution in [-0.4, -0.2) is 48.8 Å². The lowest BCUT2D eigenvalue weighted by molar-refractivity contribution is -0.143. The smallest absolute Gasteiger partial charge is 0.370 e. The first-order chi connectivity index (χ1) is 9.92. The Hall–Kier alpha value is -0.250. The fourth-order valence-electron chi connectivity index (χ4n) is 3.18. The molecule has 0 aromatic carbocycles. The topological polar surface area (TPSA) is 53.6 Å². The molecule has 1 heterocycles. The number of halogens is 4. The molecule has 0 aromatic heterocycles. The van der Waals surface area contributed by atoms with Crippen molar-refractivity contribution in [2.24, 2.45) is 10.7 Å². The van der Waals surface area contributed by atoms with Crippen molar-refractivity contribution in [3.63, 3.8) is 0 Å². The monoisotopic (exact) mass is 434 g/mol. The first-order valence-electron chi connectivity index (χ1n) is 7.81. The van der Waals surface area contributed by atoms with Crippen LogP contribution in [0.4, 0.5) is 13.2 Å². The molecule has 0 amide bonds. The summed E-state index contributed by atoms with van der Waals surface area (Å²) in [5, 5.41) is 3.08. The maximum atomic E-state index is 12.3. The lowest BCUT2D eigenvalue weighted by atomic mass is 10.1. The summed E-state index contributed by atoms with van der Waals surface area (Å²) in [4.78, 5) is 5.91. The van der Waals surface area contributed by atoms with Crippen LogP contribution in [0.2, 0.25) is 0 Å². The van der Waals surface area contributed by atoms with Gasteiger partial charge in [0.25, 0.3) is 0 Å². The van der Waals surface area contributed by atoms with Crippen LogP contribution in [0.25, 0.3) is 0 Å². The molecule has 3 N–H and O–H groups in total. The second kappa shape index (κ2) is 9.14. The zero-order valence-electron chi connectivity index (χ0n) is 12.7. The minimum Gasteiger partial charge on any atom is -0.370 e. The summed E-state index contributed by atoms with van der Waals surface area (Å²) < 4.78 is 37.0. The van der Waals surface area contributed by atoms with Crippen molar-refractivity contribution in [3.05, 3.63) is 0 Å². The van der Waals surface area contributed by atoms with E-state index in [1.807, 2.05) is 0 Å². The third-order valence-electron chi connectivity index (χ3n) is 4.17. The Labute approximate surface area is 147 Å². The van der Waals surface area contributed by atoms with Gasteiger partial charge in [0.2, 0.25) is 0 Å². The SMILES string of the molecule is I.NC(=NC1CCCCCC1)NC1CCN(CC(F)(F)F)C1. The molecule has 8 heteroatoms. The van der Waals surface area contributed by atoms with Gasteiger partial charge < -0.3 is 11.1 Å². The van der Waals surface area contributed by atoms with Gasteiger partial charge in [-0.1, -0.05) is 25.7 Å². The molecular weight excluding hydrogens is 408 g/mol. The highest BCUT2D eigenvalue weighted by molar-refractivity contribution is 14.0. The third kappa shape index (κ3) is 7.34. The molecule has 1 atom stereocenters. The molecular formula is C14H26F3IN4. The van der Waals surface area contributed by atoms with Gasteiger partial charge in [0.1, 0.15) is 0 Å². The maximum absolute atomic E-state index is 12.3. The molecule has 1 saturated carbocycles. The molecule has 0 spiro atoms.